The molecule has 1 saturated heterocycles. The zero-order valence-corrected chi connectivity index (χ0v) is 19.8. The van der Waals surface area contributed by atoms with Gasteiger partial charge in [-0.2, -0.15) is 0 Å². The van der Waals surface area contributed by atoms with Gasteiger partial charge in [-0.1, -0.05) is 41.9 Å². The number of benzene rings is 2. The van der Waals surface area contributed by atoms with Gasteiger partial charge in [0, 0.05) is 42.7 Å². The van der Waals surface area contributed by atoms with Crippen LogP contribution < -0.4 is 5.32 Å². The SMILES string of the molecule is CC(=O)Nc1ccc(SN2CCC(n3c(-c4ccccc4)nc4cccnc43)CC2)cc1Cl. The number of imidazole rings is 1. The molecule has 0 saturated carbocycles. The number of carbonyl (C=O) groups is 1. The minimum absolute atomic E-state index is 0.129. The maximum atomic E-state index is 11.3. The van der Waals surface area contributed by atoms with Gasteiger partial charge < -0.3 is 9.88 Å². The van der Waals surface area contributed by atoms with Gasteiger partial charge in [0.2, 0.25) is 5.91 Å². The summed E-state index contributed by atoms with van der Waals surface area (Å²) in [6.45, 7) is 3.37. The second kappa shape index (κ2) is 9.55. The van der Waals surface area contributed by atoms with Gasteiger partial charge in [0.05, 0.1) is 10.7 Å². The molecule has 0 atom stereocenters. The summed E-state index contributed by atoms with van der Waals surface area (Å²) in [5, 5.41) is 3.30. The fraction of sp³-hybridized carbons (Fsp3) is 0.240. The number of piperidine rings is 1. The molecule has 0 radical (unpaired) electrons. The lowest BCUT2D eigenvalue weighted by atomic mass is 10.1. The molecule has 6 nitrogen and oxygen atoms in total. The molecule has 2 aromatic heterocycles. The number of fused-ring (bicyclic) bond motifs is 1. The van der Waals surface area contributed by atoms with Crippen molar-refractivity contribution in [2.24, 2.45) is 0 Å². The van der Waals surface area contributed by atoms with Crippen molar-refractivity contribution in [2.45, 2.75) is 30.7 Å². The molecule has 5 rings (SSSR count). The van der Waals surface area contributed by atoms with Crippen LogP contribution in [0.5, 0.6) is 0 Å². The molecule has 1 amide bonds. The van der Waals surface area contributed by atoms with Crippen LogP contribution in [0.3, 0.4) is 0 Å². The molecule has 168 valence electrons. The van der Waals surface area contributed by atoms with E-state index < -0.39 is 0 Å². The maximum absolute atomic E-state index is 11.3. The molecule has 2 aromatic carbocycles. The summed E-state index contributed by atoms with van der Waals surface area (Å²) in [7, 11) is 0. The van der Waals surface area contributed by atoms with E-state index in [9.17, 15) is 4.79 Å². The largest absolute Gasteiger partial charge is 0.325 e. The summed E-state index contributed by atoms with van der Waals surface area (Å²) in [5.41, 5.74) is 3.63. The average Bonchev–Trinajstić information content (AvgIpc) is 3.21. The molecule has 1 aliphatic rings. The Hall–Kier alpha value is -2.87. The Morgan fingerprint density at radius 1 is 1.09 bits per heavy atom. The number of amides is 1. The van der Waals surface area contributed by atoms with Crippen LogP contribution >= 0.6 is 23.5 Å². The van der Waals surface area contributed by atoms with E-state index in [1.165, 1.54) is 6.92 Å². The van der Waals surface area contributed by atoms with E-state index in [0.717, 1.165) is 53.4 Å². The van der Waals surface area contributed by atoms with Gasteiger partial charge in [0.15, 0.2) is 5.65 Å². The second-order valence-electron chi connectivity index (χ2n) is 8.09. The van der Waals surface area contributed by atoms with Crippen molar-refractivity contribution in [3.05, 3.63) is 71.9 Å². The molecule has 1 aliphatic heterocycles. The van der Waals surface area contributed by atoms with Crippen LogP contribution in [0.25, 0.3) is 22.6 Å². The third-order valence-corrected chi connectivity index (χ3v) is 7.16. The van der Waals surface area contributed by atoms with E-state index in [1.807, 2.05) is 54.7 Å². The molecule has 0 bridgehead atoms. The minimum atomic E-state index is -0.129. The Kier molecular flexibility index (Phi) is 6.35. The van der Waals surface area contributed by atoms with E-state index in [2.05, 4.69) is 31.3 Å². The van der Waals surface area contributed by atoms with Crippen LogP contribution in [0.1, 0.15) is 25.8 Å². The first kappa shape index (κ1) is 21.9. The number of nitrogens with one attached hydrogen (secondary N) is 1. The highest BCUT2D eigenvalue weighted by molar-refractivity contribution is 7.97. The number of hydrogen-bond acceptors (Lipinski definition) is 5. The van der Waals surface area contributed by atoms with Gasteiger partial charge in [-0.05, 0) is 55.1 Å². The number of halogens is 1. The molecule has 0 unspecified atom stereocenters. The Labute approximate surface area is 202 Å². The third-order valence-electron chi connectivity index (χ3n) is 5.76. The van der Waals surface area contributed by atoms with E-state index in [-0.39, 0.29) is 5.91 Å². The Morgan fingerprint density at radius 2 is 1.88 bits per heavy atom. The number of nitrogens with zero attached hydrogens (tertiary/aromatic N) is 4. The van der Waals surface area contributed by atoms with E-state index >= 15 is 0 Å². The van der Waals surface area contributed by atoms with Crippen molar-refractivity contribution in [3.8, 4) is 11.4 Å². The number of hydrogen-bond donors (Lipinski definition) is 1. The first-order valence-corrected chi connectivity index (χ1v) is 12.1. The van der Waals surface area contributed by atoms with Crippen molar-refractivity contribution >= 4 is 46.3 Å². The monoisotopic (exact) mass is 477 g/mol. The number of aromatic nitrogens is 3. The minimum Gasteiger partial charge on any atom is -0.325 e. The number of rotatable bonds is 5. The molecular weight excluding hydrogens is 454 g/mol. The first-order valence-electron chi connectivity index (χ1n) is 11.0. The highest BCUT2D eigenvalue weighted by atomic mass is 35.5. The molecular formula is C25H24ClN5OS. The lowest BCUT2D eigenvalue weighted by Crippen LogP contribution is -2.30. The van der Waals surface area contributed by atoms with Crippen molar-refractivity contribution in [2.75, 3.05) is 18.4 Å². The molecule has 3 heterocycles. The first-order chi connectivity index (χ1) is 16.1. The fourth-order valence-corrected chi connectivity index (χ4v) is 5.53. The summed E-state index contributed by atoms with van der Waals surface area (Å²) in [5.74, 6) is 0.853. The second-order valence-corrected chi connectivity index (χ2v) is 9.67. The topological polar surface area (TPSA) is 63.1 Å². The van der Waals surface area contributed by atoms with Gasteiger partial charge in [-0.3, -0.25) is 4.79 Å². The predicted molar refractivity (Wildman–Crippen MR) is 134 cm³/mol. The van der Waals surface area contributed by atoms with Gasteiger partial charge in [0.1, 0.15) is 11.3 Å². The van der Waals surface area contributed by atoms with Crippen molar-refractivity contribution in [3.63, 3.8) is 0 Å². The summed E-state index contributed by atoms with van der Waals surface area (Å²) in [6.07, 6.45) is 3.85. The maximum Gasteiger partial charge on any atom is 0.221 e. The third kappa shape index (κ3) is 4.76. The van der Waals surface area contributed by atoms with Crippen molar-refractivity contribution in [1.82, 2.24) is 18.8 Å². The molecule has 4 aromatic rings. The lowest BCUT2D eigenvalue weighted by molar-refractivity contribution is -0.114. The molecule has 0 spiro atoms. The zero-order chi connectivity index (χ0) is 22.8. The van der Waals surface area contributed by atoms with Crippen LogP contribution in [0.15, 0.2) is 71.8 Å². The summed E-state index contributed by atoms with van der Waals surface area (Å²) in [6, 6.07) is 20.4. The number of carbonyl (C=O) groups excluding carboxylic acids is 1. The Balaban J connectivity index is 1.33. The van der Waals surface area contributed by atoms with E-state index in [0.29, 0.717) is 16.8 Å². The summed E-state index contributed by atoms with van der Waals surface area (Å²) in [4.78, 5) is 21.9. The smallest absolute Gasteiger partial charge is 0.221 e. The molecule has 33 heavy (non-hydrogen) atoms. The van der Waals surface area contributed by atoms with Crippen molar-refractivity contribution < 1.29 is 4.79 Å². The van der Waals surface area contributed by atoms with Gasteiger partial charge in [-0.25, -0.2) is 14.3 Å². The van der Waals surface area contributed by atoms with Gasteiger partial charge >= 0.3 is 0 Å². The van der Waals surface area contributed by atoms with E-state index in [4.69, 9.17) is 16.6 Å². The van der Waals surface area contributed by atoms with Crippen LogP contribution in [0.4, 0.5) is 5.69 Å². The van der Waals surface area contributed by atoms with E-state index in [1.54, 1.807) is 11.9 Å². The highest BCUT2D eigenvalue weighted by Gasteiger charge is 2.26. The molecule has 0 aliphatic carbocycles. The molecule has 8 heteroatoms. The van der Waals surface area contributed by atoms with Gasteiger partial charge in [0.25, 0.3) is 0 Å². The predicted octanol–water partition coefficient (Wildman–Crippen LogP) is 6.05. The summed E-state index contributed by atoms with van der Waals surface area (Å²) < 4.78 is 4.70. The highest BCUT2D eigenvalue weighted by Crippen LogP contribution is 2.36. The van der Waals surface area contributed by atoms with Crippen LogP contribution in [0, 0.1) is 0 Å². The fourth-order valence-electron chi connectivity index (χ4n) is 4.25. The van der Waals surface area contributed by atoms with Crippen LogP contribution in [0.2, 0.25) is 5.02 Å². The number of anilines is 1. The summed E-state index contributed by atoms with van der Waals surface area (Å²) >= 11 is 8.05. The average molecular weight is 478 g/mol. The standard InChI is InChI=1S/C25H24ClN5OS/c1-17(32)28-22-10-9-20(16-21(22)26)33-30-14-11-19(12-15-30)31-24(18-6-3-2-4-7-18)29-23-8-5-13-27-25(23)31/h2-10,13,16,19H,11-12,14-15H2,1H3,(H,28,32). The molecule has 1 N–H and O–H groups in total. The normalized spacial score (nSPS) is 15.1. The zero-order valence-electron chi connectivity index (χ0n) is 18.2. The van der Waals surface area contributed by atoms with Crippen molar-refractivity contribution in [1.29, 1.82) is 0 Å². The quantitative estimate of drug-likeness (QED) is 0.354. The Bertz CT molecular complexity index is 1280. The molecule has 1 fully saturated rings. The Morgan fingerprint density at radius 3 is 2.61 bits per heavy atom. The van der Waals surface area contributed by atoms with Crippen LogP contribution in [-0.2, 0) is 4.79 Å². The lowest BCUT2D eigenvalue weighted by Gasteiger charge is -2.32. The van der Waals surface area contributed by atoms with Gasteiger partial charge in [-0.15, -0.1) is 0 Å². The number of pyridine rings is 1. The van der Waals surface area contributed by atoms with Crippen LogP contribution in [-0.4, -0.2) is 37.8 Å².